The van der Waals surface area contributed by atoms with E-state index in [0.29, 0.717) is 5.92 Å². The maximum atomic E-state index is 6.19. The second kappa shape index (κ2) is 16.9. The number of nitrogens with zero attached hydrogens (tertiary/aromatic N) is 1. The summed E-state index contributed by atoms with van der Waals surface area (Å²) in [7, 11) is 4.02. The second-order valence-corrected chi connectivity index (χ2v) is 8.31. The van der Waals surface area contributed by atoms with Crippen LogP contribution in [-0.4, -0.2) is 20.6 Å². The quantitative estimate of drug-likeness (QED) is 0.252. The summed E-state index contributed by atoms with van der Waals surface area (Å²) in [6, 6.07) is 21.0. The molecule has 0 fully saturated rings. The summed E-state index contributed by atoms with van der Waals surface area (Å²) in [6.45, 7) is 17.5. The molecule has 0 aromatic heterocycles. The van der Waals surface area contributed by atoms with Crippen molar-refractivity contribution in [3.05, 3.63) is 82.9 Å². The largest absolute Gasteiger partial charge is 0.397 e. The fourth-order valence-electron chi connectivity index (χ4n) is 3.30. The summed E-state index contributed by atoms with van der Waals surface area (Å²) in [5, 5.41) is 3.43. The van der Waals surface area contributed by atoms with Gasteiger partial charge in [-0.15, -0.1) is 12.6 Å². The van der Waals surface area contributed by atoms with Crippen LogP contribution in [0.2, 0.25) is 0 Å². The van der Waals surface area contributed by atoms with Gasteiger partial charge in [0, 0.05) is 37.1 Å². The first kappa shape index (κ1) is 31.4. The van der Waals surface area contributed by atoms with Gasteiger partial charge in [0.1, 0.15) is 0 Å². The highest BCUT2D eigenvalue weighted by Gasteiger charge is 2.12. The molecular weight excluding hydrogens is 434 g/mol. The highest BCUT2D eigenvalue weighted by atomic mass is 32.1. The molecule has 4 heteroatoms. The van der Waals surface area contributed by atoms with E-state index >= 15 is 0 Å². The third-order valence-corrected chi connectivity index (χ3v) is 5.78. The molecule has 1 unspecified atom stereocenters. The minimum absolute atomic E-state index is 0.316. The molecule has 0 saturated heterocycles. The molecule has 3 aromatic rings. The summed E-state index contributed by atoms with van der Waals surface area (Å²) in [5.41, 5.74) is 14.3. The van der Waals surface area contributed by atoms with E-state index in [-0.39, 0.29) is 0 Å². The fourth-order valence-corrected chi connectivity index (χ4v) is 3.46. The highest BCUT2D eigenvalue weighted by Crippen LogP contribution is 2.31. The molecule has 0 saturated carbocycles. The van der Waals surface area contributed by atoms with E-state index in [1.165, 1.54) is 27.9 Å². The third-order valence-electron chi connectivity index (χ3n) is 5.28. The van der Waals surface area contributed by atoms with Gasteiger partial charge in [0.15, 0.2) is 0 Å². The molecule has 0 aliphatic rings. The van der Waals surface area contributed by atoms with E-state index in [2.05, 4.69) is 75.1 Å². The Labute approximate surface area is 215 Å². The number of benzene rings is 3. The van der Waals surface area contributed by atoms with Crippen molar-refractivity contribution in [3.8, 4) is 0 Å². The highest BCUT2D eigenvalue weighted by molar-refractivity contribution is 7.80. The van der Waals surface area contributed by atoms with Crippen LogP contribution in [0.3, 0.4) is 0 Å². The zero-order chi connectivity index (χ0) is 26.3. The first-order valence-electron chi connectivity index (χ1n) is 12.4. The smallest absolute Gasteiger partial charge is 0.0594 e. The molecule has 188 valence electrons. The van der Waals surface area contributed by atoms with Crippen molar-refractivity contribution in [3.63, 3.8) is 0 Å². The number of anilines is 3. The maximum absolute atomic E-state index is 6.19. The number of hydrogen-bond donors (Lipinski definition) is 3. The molecule has 1 atom stereocenters. The van der Waals surface area contributed by atoms with Gasteiger partial charge in [0.2, 0.25) is 0 Å². The van der Waals surface area contributed by atoms with Crippen molar-refractivity contribution in [2.75, 3.05) is 36.6 Å². The Morgan fingerprint density at radius 1 is 0.853 bits per heavy atom. The first-order chi connectivity index (χ1) is 16.2. The molecule has 0 bridgehead atoms. The van der Waals surface area contributed by atoms with Crippen molar-refractivity contribution >= 4 is 29.7 Å². The fraction of sp³-hybridized carbons (Fsp3) is 0.400. The Morgan fingerprint density at radius 2 is 1.41 bits per heavy atom. The standard InChI is InChI=1S/C19H27N3.C7H8S.2C2H6/c1-6-21-18-12-16(8-7-13(18)2)14(3)15-9-10-19(22(4)5)17(20)11-15;1-6-4-2-3-5-7(6)8;2*1-2/h7-12,14,21H,6,20H2,1-5H3;2-5,8H,1H3;2*1-2H3. The van der Waals surface area contributed by atoms with E-state index < -0.39 is 0 Å². The lowest BCUT2D eigenvalue weighted by molar-refractivity contribution is 0.920. The third kappa shape index (κ3) is 9.72. The number of nitrogens with one attached hydrogen (secondary N) is 1. The van der Waals surface area contributed by atoms with Crippen LogP contribution < -0.4 is 16.0 Å². The Balaban J connectivity index is 0.000000755. The van der Waals surface area contributed by atoms with Crippen molar-refractivity contribution in [2.45, 2.75) is 66.2 Å². The Hall–Kier alpha value is -2.59. The van der Waals surface area contributed by atoms with Crippen LogP contribution in [0.15, 0.2) is 65.6 Å². The van der Waals surface area contributed by atoms with Crippen LogP contribution in [0.4, 0.5) is 17.1 Å². The van der Waals surface area contributed by atoms with Crippen molar-refractivity contribution < 1.29 is 0 Å². The number of nitrogen functional groups attached to an aromatic ring is 1. The van der Waals surface area contributed by atoms with E-state index in [4.69, 9.17) is 5.73 Å². The number of thiol groups is 1. The average Bonchev–Trinajstić information content (AvgIpc) is 2.85. The molecule has 0 aliphatic carbocycles. The summed E-state index contributed by atoms with van der Waals surface area (Å²) in [4.78, 5) is 3.10. The van der Waals surface area contributed by atoms with Crippen LogP contribution in [0, 0.1) is 13.8 Å². The second-order valence-electron chi connectivity index (χ2n) is 7.83. The molecule has 3 rings (SSSR count). The summed E-state index contributed by atoms with van der Waals surface area (Å²) >= 11 is 4.20. The van der Waals surface area contributed by atoms with Crippen LogP contribution in [-0.2, 0) is 0 Å². The summed E-state index contributed by atoms with van der Waals surface area (Å²) in [6.07, 6.45) is 0. The van der Waals surface area contributed by atoms with Gasteiger partial charge in [-0.1, -0.05) is 71.0 Å². The zero-order valence-corrected chi connectivity index (χ0v) is 23.9. The van der Waals surface area contributed by atoms with Gasteiger partial charge >= 0.3 is 0 Å². The number of rotatable bonds is 5. The van der Waals surface area contributed by atoms with E-state index in [1.54, 1.807) is 0 Å². The Kier molecular flexibility index (Phi) is 15.6. The van der Waals surface area contributed by atoms with Crippen LogP contribution in [0.1, 0.15) is 69.7 Å². The average molecular weight is 482 g/mol. The molecule has 0 radical (unpaired) electrons. The lowest BCUT2D eigenvalue weighted by Gasteiger charge is -2.19. The summed E-state index contributed by atoms with van der Waals surface area (Å²) < 4.78 is 0. The molecule has 0 amide bonds. The van der Waals surface area contributed by atoms with Crippen LogP contribution in [0.25, 0.3) is 0 Å². The predicted molar refractivity (Wildman–Crippen MR) is 159 cm³/mol. The molecule has 3 nitrogen and oxygen atoms in total. The van der Waals surface area contributed by atoms with Gasteiger partial charge in [0.25, 0.3) is 0 Å². The Morgan fingerprint density at radius 3 is 1.88 bits per heavy atom. The predicted octanol–water partition coefficient (Wildman–Crippen LogP) is 8.56. The van der Waals surface area contributed by atoms with Gasteiger partial charge in [0.05, 0.1) is 11.4 Å². The minimum atomic E-state index is 0.316. The topological polar surface area (TPSA) is 41.3 Å². The Bertz CT molecular complexity index is 946. The van der Waals surface area contributed by atoms with Crippen molar-refractivity contribution in [1.82, 2.24) is 0 Å². The van der Waals surface area contributed by atoms with E-state index in [0.717, 1.165) is 22.8 Å². The van der Waals surface area contributed by atoms with E-state index in [1.807, 2.05) is 77.9 Å². The first-order valence-corrected chi connectivity index (χ1v) is 12.8. The van der Waals surface area contributed by atoms with Gasteiger partial charge in [-0.05, 0) is 67.3 Å². The zero-order valence-electron chi connectivity index (χ0n) is 23.0. The number of aryl methyl sites for hydroxylation is 2. The van der Waals surface area contributed by atoms with Crippen molar-refractivity contribution in [1.29, 1.82) is 0 Å². The summed E-state index contributed by atoms with van der Waals surface area (Å²) in [5.74, 6) is 0.316. The lowest BCUT2D eigenvalue weighted by atomic mass is 9.91. The van der Waals surface area contributed by atoms with E-state index in [9.17, 15) is 0 Å². The monoisotopic (exact) mass is 481 g/mol. The molecule has 3 aromatic carbocycles. The van der Waals surface area contributed by atoms with Gasteiger partial charge in [-0.2, -0.15) is 0 Å². The number of nitrogens with two attached hydrogens (primary N) is 1. The van der Waals surface area contributed by atoms with Crippen LogP contribution in [0.5, 0.6) is 0 Å². The molecule has 0 heterocycles. The van der Waals surface area contributed by atoms with Gasteiger partial charge in [-0.25, -0.2) is 0 Å². The molecule has 3 N–H and O–H groups in total. The van der Waals surface area contributed by atoms with Gasteiger partial charge < -0.3 is 16.0 Å². The number of hydrogen-bond acceptors (Lipinski definition) is 4. The SMILES string of the molecule is CC.CC.CCNc1cc(C(C)c2ccc(N(C)C)c(N)c2)ccc1C.Cc1ccccc1S. The van der Waals surface area contributed by atoms with Crippen molar-refractivity contribution in [2.24, 2.45) is 0 Å². The molecule has 0 spiro atoms. The normalized spacial score (nSPS) is 10.3. The van der Waals surface area contributed by atoms with Crippen LogP contribution >= 0.6 is 12.6 Å². The van der Waals surface area contributed by atoms with Gasteiger partial charge in [-0.3, -0.25) is 0 Å². The molecule has 34 heavy (non-hydrogen) atoms. The maximum Gasteiger partial charge on any atom is 0.0594 e. The lowest BCUT2D eigenvalue weighted by Crippen LogP contribution is -2.11. The molecular formula is C30H47N3S. The minimum Gasteiger partial charge on any atom is -0.397 e. The molecule has 0 aliphatic heterocycles.